The number of thiazole rings is 1. The van der Waals surface area contributed by atoms with Gasteiger partial charge >= 0.3 is 0 Å². The second kappa shape index (κ2) is 6.83. The minimum Gasteiger partial charge on any atom is -0.314 e. The van der Waals surface area contributed by atoms with E-state index in [1.54, 1.807) is 11.3 Å². The monoisotopic (exact) mass is 315 g/mol. The third kappa shape index (κ3) is 3.31. The first-order chi connectivity index (χ1) is 10.4. The van der Waals surface area contributed by atoms with Crippen molar-refractivity contribution in [3.63, 3.8) is 0 Å². The smallest absolute Gasteiger partial charge is 0.209 e. The van der Waals surface area contributed by atoms with Gasteiger partial charge in [-0.1, -0.05) is 41.7 Å². The number of aryl methyl sites for hydroxylation is 1. The summed E-state index contributed by atoms with van der Waals surface area (Å²) in [6, 6.07) is 18.5. The Morgan fingerprint density at radius 3 is 2.67 bits per heavy atom. The molecule has 1 aromatic heterocycles. The number of hydrogen-bond acceptors (Lipinski definition) is 4. The standard InChI is InChI=1S/C16H17N3S2/c1-20-12-11-19-14-9-5-6-10-15(14)21-16(19)18-17-13-7-3-2-4-8-13/h2-10,17H,11-12H2,1H3/b18-16+. The summed E-state index contributed by atoms with van der Waals surface area (Å²) in [4.78, 5) is 1.01. The molecule has 0 bridgehead atoms. The molecule has 108 valence electrons. The average molecular weight is 315 g/mol. The van der Waals surface area contributed by atoms with Gasteiger partial charge in [-0.25, -0.2) is 0 Å². The lowest BCUT2D eigenvalue weighted by molar-refractivity contribution is 0.770. The molecule has 1 heterocycles. The van der Waals surface area contributed by atoms with Crippen molar-refractivity contribution in [2.45, 2.75) is 6.54 Å². The van der Waals surface area contributed by atoms with Crippen molar-refractivity contribution in [2.75, 3.05) is 17.4 Å². The van der Waals surface area contributed by atoms with Gasteiger partial charge in [0.1, 0.15) is 0 Å². The Labute approximate surface area is 132 Å². The van der Waals surface area contributed by atoms with Crippen molar-refractivity contribution in [1.29, 1.82) is 0 Å². The van der Waals surface area contributed by atoms with E-state index in [0.29, 0.717) is 0 Å². The number of hydrogen-bond donors (Lipinski definition) is 1. The molecule has 0 aliphatic heterocycles. The van der Waals surface area contributed by atoms with Gasteiger partial charge in [0.25, 0.3) is 0 Å². The number of benzene rings is 2. The van der Waals surface area contributed by atoms with E-state index in [-0.39, 0.29) is 0 Å². The molecule has 0 spiro atoms. The van der Waals surface area contributed by atoms with Gasteiger partial charge in [-0.05, 0) is 30.5 Å². The first-order valence-corrected chi connectivity index (χ1v) is 9.01. The molecule has 2 aromatic carbocycles. The molecule has 0 fully saturated rings. The van der Waals surface area contributed by atoms with Crippen LogP contribution in [0.5, 0.6) is 0 Å². The van der Waals surface area contributed by atoms with Crippen LogP contribution in [0.1, 0.15) is 0 Å². The zero-order valence-electron chi connectivity index (χ0n) is 11.8. The predicted octanol–water partition coefficient (Wildman–Crippen LogP) is 3.99. The van der Waals surface area contributed by atoms with Crippen LogP contribution in [0.15, 0.2) is 59.7 Å². The van der Waals surface area contributed by atoms with Gasteiger partial charge in [0, 0.05) is 12.3 Å². The van der Waals surface area contributed by atoms with Crippen LogP contribution in [0, 0.1) is 0 Å². The second-order valence-corrected chi connectivity index (χ2v) is 6.58. The number of para-hydroxylation sites is 2. The molecule has 3 rings (SSSR count). The maximum atomic E-state index is 4.59. The van der Waals surface area contributed by atoms with E-state index >= 15 is 0 Å². The Hall–Kier alpha value is -1.72. The van der Waals surface area contributed by atoms with Crippen LogP contribution in [0.4, 0.5) is 5.69 Å². The lowest BCUT2D eigenvalue weighted by atomic mass is 10.3. The van der Waals surface area contributed by atoms with Crippen LogP contribution in [0.3, 0.4) is 0 Å². The molecule has 0 aliphatic carbocycles. The summed E-state index contributed by atoms with van der Waals surface area (Å²) in [5.41, 5.74) is 5.41. The predicted molar refractivity (Wildman–Crippen MR) is 93.8 cm³/mol. The molecule has 1 N–H and O–H groups in total. The molecule has 3 nitrogen and oxygen atoms in total. The maximum absolute atomic E-state index is 4.59. The van der Waals surface area contributed by atoms with Crippen LogP contribution < -0.4 is 10.2 Å². The highest BCUT2D eigenvalue weighted by atomic mass is 32.2. The summed E-state index contributed by atoms with van der Waals surface area (Å²) < 4.78 is 3.55. The molecule has 5 heteroatoms. The summed E-state index contributed by atoms with van der Waals surface area (Å²) in [5, 5.41) is 4.59. The molecule has 21 heavy (non-hydrogen) atoms. The fourth-order valence-corrected chi connectivity index (χ4v) is 3.51. The van der Waals surface area contributed by atoms with Gasteiger partial charge in [-0.2, -0.15) is 11.8 Å². The van der Waals surface area contributed by atoms with Gasteiger partial charge < -0.3 is 4.57 Å². The van der Waals surface area contributed by atoms with Crippen molar-refractivity contribution in [1.82, 2.24) is 4.57 Å². The number of aromatic nitrogens is 1. The Morgan fingerprint density at radius 2 is 1.86 bits per heavy atom. The van der Waals surface area contributed by atoms with E-state index < -0.39 is 0 Å². The van der Waals surface area contributed by atoms with E-state index in [1.165, 1.54) is 10.2 Å². The third-order valence-electron chi connectivity index (χ3n) is 3.16. The average Bonchev–Trinajstić information content (AvgIpc) is 2.89. The molecule has 0 unspecified atom stereocenters. The summed E-state index contributed by atoms with van der Waals surface area (Å²) in [7, 11) is 0. The number of nitrogens with zero attached hydrogens (tertiary/aromatic N) is 2. The first kappa shape index (κ1) is 14.2. The van der Waals surface area contributed by atoms with Gasteiger partial charge in [-0.3, -0.25) is 5.43 Å². The van der Waals surface area contributed by atoms with Crippen LogP contribution in [-0.4, -0.2) is 16.6 Å². The minimum atomic E-state index is 0.973. The molecule has 0 saturated heterocycles. The van der Waals surface area contributed by atoms with Crippen LogP contribution in [-0.2, 0) is 6.54 Å². The number of fused-ring (bicyclic) bond motifs is 1. The highest BCUT2D eigenvalue weighted by molar-refractivity contribution is 7.98. The molecule has 3 aromatic rings. The van der Waals surface area contributed by atoms with Crippen molar-refractivity contribution in [3.05, 3.63) is 59.4 Å². The normalized spacial score (nSPS) is 12.0. The number of thioether (sulfide) groups is 1. The summed E-state index contributed by atoms with van der Waals surface area (Å²) >= 11 is 3.57. The Balaban J connectivity index is 2.00. The topological polar surface area (TPSA) is 29.3 Å². The maximum Gasteiger partial charge on any atom is 0.209 e. The molecule has 0 saturated carbocycles. The van der Waals surface area contributed by atoms with Crippen molar-refractivity contribution < 1.29 is 0 Å². The molecular weight excluding hydrogens is 298 g/mol. The van der Waals surface area contributed by atoms with Crippen LogP contribution >= 0.6 is 23.1 Å². The van der Waals surface area contributed by atoms with E-state index in [9.17, 15) is 0 Å². The SMILES string of the molecule is CSCCn1/c(=N\Nc2ccccc2)sc2ccccc21. The molecule has 0 radical (unpaired) electrons. The fraction of sp³-hybridized carbons (Fsp3) is 0.188. The molecular formula is C16H17N3S2. The number of anilines is 1. The largest absolute Gasteiger partial charge is 0.314 e. The quantitative estimate of drug-likeness (QED) is 0.721. The first-order valence-electron chi connectivity index (χ1n) is 6.80. The second-order valence-electron chi connectivity index (χ2n) is 4.59. The minimum absolute atomic E-state index is 0.973. The van der Waals surface area contributed by atoms with Gasteiger partial charge in [0.05, 0.1) is 15.9 Å². The van der Waals surface area contributed by atoms with Crippen molar-refractivity contribution in [2.24, 2.45) is 5.10 Å². The lowest BCUT2D eigenvalue weighted by Crippen LogP contribution is -2.17. The van der Waals surface area contributed by atoms with Gasteiger partial charge in [0.15, 0.2) is 0 Å². The van der Waals surface area contributed by atoms with E-state index in [4.69, 9.17) is 0 Å². The third-order valence-corrected chi connectivity index (χ3v) is 4.81. The lowest BCUT2D eigenvalue weighted by Gasteiger charge is -2.04. The molecule has 0 amide bonds. The summed E-state index contributed by atoms with van der Waals surface area (Å²) in [6.45, 7) is 0.973. The number of nitrogens with one attached hydrogen (secondary N) is 1. The Bertz CT molecular complexity index is 775. The zero-order valence-corrected chi connectivity index (χ0v) is 13.5. The van der Waals surface area contributed by atoms with E-state index in [0.717, 1.165) is 22.8 Å². The van der Waals surface area contributed by atoms with Gasteiger partial charge in [-0.15, -0.1) is 5.10 Å². The van der Waals surface area contributed by atoms with Gasteiger partial charge in [0.2, 0.25) is 4.80 Å². The van der Waals surface area contributed by atoms with Crippen molar-refractivity contribution >= 4 is 39.0 Å². The Kier molecular flexibility index (Phi) is 4.62. The van der Waals surface area contributed by atoms with Crippen LogP contribution in [0.2, 0.25) is 0 Å². The highest BCUT2D eigenvalue weighted by Crippen LogP contribution is 2.17. The fourth-order valence-electron chi connectivity index (χ4n) is 2.13. The zero-order chi connectivity index (χ0) is 14.5. The highest BCUT2D eigenvalue weighted by Gasteiger charge is 2.05. The Morgan fingerprint density at radius 1 is 1.10 bits per heavy atom. The van der Waals surface area contributed by atoms with E-state index in [1.807, 2.05) is 42.1 Å². The summed E-state index contributed by atoms with van der Waals surface area (Å²) in [5.74, 6) is 1.08. The van der Waals surface area contributed by atoms with E-state index in [2.05, 4.69) is 45.6 Å². The molecule has 0 aliphatic rings. The summed E-state index contributed by atoms with van der Waals surface area (Å²) in [6.07, 6.45) is 2.13. The van der Waals surface area contributed by atoms with Crippen molar-refractivity contribution in [3.8, 4) is 0 Å². The molecule has 0 atom stereocenters. The number of rotatable bonds is 5. The van der Waals surface area contributed by atoms with Crippen LogP contribution in [0.25, 0.3) is 10.2 Å².